The molecule has 0 aromatic carbocycles. The molecule has 5 nitrogen and oxygen atoms in total. The van der Waals surface area contributed by atoms with E-state index in [1.54, 1.807) is 18.3 Å². The van der Waals surface area contributed by atoms with Crippen molar-refractivity contribution in [2.24, 2.45) is 11.3 Å². The fourth-order valence-electron chi connectivity index (χ4n) is 4.25. The molecule has 0 saturated carbocycles. The third-order valence-corrected chi connectivity index (χ3v) is 6.92. The first-order valence-corrected chi connectivity index (χ1v) is 11.5. The number of rotatable bonds is 9. The Morgan fingerprint density at radius 1 is 1.31 bits per heavy atom. The fourth-order valence-corrected chi connectivity index (χ4v) is 4.25. The monoisotopic (exact) mass is 448 g/mol. The number of pyridine rings is 1. The van der Waals surface area contributed by atoms with Crippen LogP contribution in [0.1, 0.15) is 58.4 Å². The number of hydrogen-bond acceptors (Lipinski definition) is 4. The number of halogens is 2. The van der Waals surface area contributed by atoms with Crippen molar-refractivity contribution in [3.05, 3.63) is 41.9 Å². The lowest BCUT2D eigenvalue weighted by molar-refractivity contribution is -0.145. The third-order valence-electron chi connectivity index (χ3n) is 6.92. The van der Waals surface area contributed by atoms with Gasteiger partial charge in [0.2, 0.25) is 5.88 Å². The molecule has 1 aromatic rings. The minimum absolute atomic E-state index is 0.175. The zero-order valence-corrected chi connectivity index (χ0v) is 19.2. The first kappa shape index (κ1) is 24.4. The van der Waals surface area contributed by atoms with Crippen LogP contribution in [0.5, 0.6) is 5.88 Å². The van der Waals surface area contributed by atoms with Crippen molar-refractivity contribution >= 4 is 11.5 Å². The van der Waals surface area contributed by atoms with Gasteiger partial charge in [-0.1, -0.05) is 26.0 Å². The summed E-state index contributed by atoms with van der Waals surface area (Å²) in [6.07, 6.45) is 7.44. The Hall–Kier alpha value is -2.28. The first-order valence-electron chi connectivity index (χ1n) is 11.5. The maximum atomic E-state index is 14.6. The number of aromatic nitrogens is 1. The molecule has 0 spiro atoms. The lowest BCUT2D eigenvalue weighted by Crippen LogP contribution is -2.44. The number of ether oxygens (including phenoxy) is 1. The molecule has 1 aliphatic heterocycles. The maximum Gasteiger partial charge on any atom is 0.313 e. The van der Waals surface area contributed by atoms with Crippen molar-refractivity contribution in [1.82, 2.24) is 9.88 Å². The van der Waals surface area contributed by atoms with Crippen LogP contribution in [-0.2, 0) is 4.79 Å². The normalized spacial score (nSPS) is 22.9. The van der Waals surface area contributed by atoms with Crippen LogP contribution in [0.3, 0.4) is 0 Å². The van der Waals surface area contributed by atoms with Gasteiger partial charge in [0.15, 0.2) is 0 Å². The van der Waals surface area contributed by atoms with Gasteiger partial charge in [-0.15, -0.1) is 0 Å². The molecule has 7 heteroatoms. The second kappa shape index (κ2) is 10.1. The van der Waals surface area contributed by atoms with Gasteiger partial charge in [0.05, 0.1) is 12.0 Å². The predicted octanol–water partition coefficient (Wildman–Crippen LogP) is 5.43. The Bertz CT molecular complexity index is 856. The molecule has 1 atom stereocenters. The van der Waals surface area contributed by atoms with Crippen LogP contribution in [0.15, 0.2) is 36.3 Å². The number of carboxylic acid groups (broad SMARTS) is 1. The summed E-state index contributed by atoms with van der Waals surface area (Å²) in [6.45, 7) is 8.13. The predicted molar refractivity (Wildman–Crippen MR) is 121 cm³/mol. The van der Waals surface area contributed by atoms with E-state index in [9.17, 15) is 18.7 Å². The summed E-state index contributed by atoms with van der Waals surface area (Å²) in [5.74, 6) is -0.620. The summed E-state index contributed by atoms with van der Waals surface area (Å²) in [5, 5.41) is 9.27. The van der Waals surface area contributed by atoms with Gasteiger partial charge >= 0.3 is 5.97 Å². The second-order valence-corrected chi connectivity index (χ2v) is 9.32. The lowest BCUT2D eigenvalue weighted by atomic mass is 9.80. The molecule has 1 aromatic heterocycles. The highest BCUT2D eigenvalue weighted by molar-refractivity contribution is 5.83. The summed E-state index contributed by atoms with van der Waals surface area (Å²) < 4.78 is 35.0. The standard InChI is InChI=1S/C25H34F2N2O3/c1-4-25(27,5-2)17-29-12-9-18(10-13-29)16-32-22-7-6-19(15-28-22)20-8-11-24(3,23(30)31)14-21(20)26/h6-8,11,15,18H,4-5,9-10,12-14,16-17H2,1-3H3,(H,30,31). The van der Waals surface area contributed by atoms with E-state index in [4.69, 9.17) is 4.74 Å². The van der Waals surface area contributed by atoms with Gasteiger partial charge in [0.25, 0.3) is 0 Å². The van der Waals surface area contributed by atoms with Crippen LogP contribution in [0.4, 0.5) is 8.78 Å². The van der Waals surface area contributed by atoms with Gasteiger partial charge in [-0.3, -0.25) is 4.79 Å². The SMILES string of the molecule is CCC(F)(CC)CN1CCC(COc2ccc(C3=C(F)CC(C)(C(=O)O)C=C3)cn2)CC1. The molecule has 176 valence electrons. The number of piperidine rings is 1. The van der Waals surface area contributed by atoms with Gasteiger partial charge < -0.3 is 14.7 Å². The number of carbonyl (C=O) groups is 1. The molecule has 32 heavy (non-hydrogen) atoms. The van der Waals surface area contributed by atoms with E-state index in [1.807, 2.05) is 13.8 Å². The lowest BCUT2D eigenvalue weighted by Gasteiger charge is -2.36. The average Bonchev–Trinajstić information content (AvgIpc) is 2.79. The molecule has 1 aliphatic carbocycles. The summed E-state index contributed by atoms with van der Waals surface area (Å²) in [5.41, 5.74) is -1.37. The summed E-state index contributed by atoms with van der Waals surface area (Å²) in [6, 6.07) is 3.45. The zero-order chi connectivity index (χ0) is 23.4. The number of alkyl halides is 1. The fraction of sp³-hybridized carbons (Fsp3) is 0.600. The highest BCUT2D eigenvalue weighted by Crippen LogP contribution is 2.38. The number of carboxylic acids is 1. The highest BCUT2D eigenvalue weighted by atomic mass is 19.1. The van der Waals surface area contributed by atoms with Gasteiger partial charge in [0.1, 0.15) is 11.5 Å². The van der Waals surface area contributed by atoms with E-state index in [2.05, 4.69) is 9.88 Å². The summed E-state index contributed by atoms with van der Waals surface area (Å²) in [7, 11) is 0. The molecule has 1 saturated heterocycles. The molecule has 1 unspecified atom stereocenters. The number of nitrogens with zero attached hydrogens (tertiary/aromatic N) is 2. The van der Waals surface area contributed by atoms with Crippen LogP contribution < -0.4 is 4.74 Å². The van der Waals surface area contributed by atoms with E-state index in [1.165, 1.54) is 19.1 Å². The van der Waals surface area contributed by atoms with Crippen LogP contribution in [-0.4, -0.2) is 52.9 Å². The van der Waals surface area contributed by atoms with Gasteiger partial charge in [-0.25, -0.2) is 13.8 Å². The van der Waals surface area contributed by atoms with Crippen LogP contribution >= 0.6 is 0 Å². The smallest absolute Gasteiger partial charge is 0.313 e. The molecule has 0 radical (unpaired) electrons. The van der Waals surface area contributed by atoms with Gasteiger partial charge in [0, 0.05) is 36.4 Å². The van der Waals surface area contributed by atoms with Crippen LogP contribution in [0.25, 0.3) is 5.57 Å². The van der Waals surface area contributed by atoms with E-state index < -0.39 is 22.9 Å². The van der Waals surface area contributed by atoms with E-state index in [-0.39, 0.29) is 6.42 Å². The van der Waals surface area contributed by atoms with Crippen molar-refractivity contribution in [3.8, 4) is 5.88 Å². The van der Waals surface area contributed by atoms with Crippen molar-refractivity contribution < 1.29 is 23.4 Å². The van der Waals surface area contributed by atoms with E-state index in [0.717, 1.165) is 25.9 Å². The van der Waals surface area contributed by atoms with E-state index in [0.29, 0.717) is 48.9 Å². The molecule has 0 amide bonds. The van der Waals surface area contributed by atoms with E-state index >= 15 is 0 Å². The molecule has 0 bridgehead atoms. The van der Waals surface area contributed by atoms with Crippen LogP contribution in [0.2, 0.25) is 0 Å². The quantitative estimate of drug-likeness (QED) is 0.546. The largest absolute Gasteiger partial charge is 0.481 e. The van der Waals surface area contributed by atoms with Crippen molar-refractivity contribution in [2.75, 3.05) is 26.2 Å². The minimum atomic E-state index is -1.22. The number of hydrogen-bond donors (Lipinski definition) is 1. The zero-order valence-electron chi connectivity index (χ0n) is 19.2. The number of likely N-dealkylation sites (tertiary alicyclic amines) is 1. The maximum absolute atomic E-state index is 14.6. The Morgan fingerprint density at radius 2 is 2.00 bits per heavy atom. The Morgan fingerprint density at radius 3 is 2.53 bits per heavy atom. The molecule has 2 aliphatic rings. The second-order valence-electron chi connectivity index (χ2n) is 9.32. The highest BCUT2D eigenvalue weighted by Gasteiger charge is 2.35. The van der Waals surface area contributed by atoms with Gasteiger partial charge in [-0.2, -0.15) is 0 Å². The Kier molecular flexibility index (Phi) is 7.70. The summed E-state index contributed by atoms with van der Waals surface area (Å²) in [4.78, 5) is 17.8. The van der Waals surface area contributed by atoms with Crippen molar-refractivity contribution in [2.45, 2.75) is 58.5 Å². The van der Waals surface area contributed by atoms with Crippen molar-refractivity contribution in [3.63, 3.8) is 0 Å². The molecule has 1 N–H and O–H groups in total. The molecule has 3 rings (SSSR count). The topological polar surface area (TPSA) is 62.7 Å². The number of allylic oxidation sites excluding steroid dienone is 3. The molecule has 2 heterocycles. The third kappa shape index (κ3) is 5.74. The minimum Gasteiger partial charge on any atom is -0.481 e. The molecular formula is C25H34F2N2O3. The average molecular weight is 449 g/mol. The summed E-state index contributed by atoms with van der Waals surface area (Å²) >= 11 is 0. The Labute approximate surface area is 189 Å². The molecular weight excluding hydrogens is 414 g/mol. The number of aliphatic carboxylic acids is 1. The van der Waals surface area contributed by atoms with Crippen molar-refractivity contribution in [1.29, 1.82) is 0 Å². The van der Waals surface area contributed by atoms with Crippen LogP contribution in [0, 0.1) is 11.3 Å². The first-order chi connectivity index (χ1) is 15.2. The Balaban J connectivity index is 1.49. The molecule has 1 fully saturated rings. The van der Waals surface area contributed by atoms with Gasteiger partial charge in [-0.05, 0) is 57.7 Å².